The summed E-state index contributed by atoms with van der Waals surface area (Å²) in [5.74, 6) is 0.168. The molecule has 1 amide bonds. The zero-order valence-corrected chi connectivity index (χ0v) is 24.6. The van der Waals surface area contributed by atoms with Gasteiger partial charge in [-0.3, -0.25) is 4.98 Å². The Kier molecular flexibility index (Phi) is 8.75. The number of aromatic amines is 1. The van der Waals surface area contributed by atoms with Gasteiger partial charge in [0.25, 0.3) is 0 Å². The second-order valence-electron chi connectivity index (χ2n) is 10.7. The lowest BCUT2D eigenvalue weighted by atomic mass is 9.80. The molecule has 3 rings (SSSR count). The first kappa shape index (κ1) is 28.7. The normalized spacial score (nSPS) is 14.8. The van der Waals surface area contributed by atoms with Crippen molar-refractivity contribution in [3.05, 3.63) is 60.0 Å². The predicted octanol–water partition coefficient (Wildman–Crippen LogP) is 7.18. The van der Waals surface area contributed by atoms with E-state index in [1.165, 1.54) is 0 Å². The molecule has 37 heavy (non-hydrogen) atoms. The van der Waals surface area contributed by atoms with Crippen LogP contribution < -0.4 is 0 Å². The summed E-state index contributed by atoms with van der Waals surface area (Å²) in [7, 11) is -2.28. The quantitative estimate of drug-likeness (QED) is 0.274. The first-order valence-electron chi connectivity index (χ1n) is 13.4. The highest BCUT2D eigenvalue weighted by atomic mass is 28.4. The van der Waals surface area contributed by atoms with Crippen LogP contribution in [0.3, 0.4) is 0 Å². The number of aromatic nitrogens is 2. The lowest BCUT2D eigenvalue weighted by Crippen LogP contribution is -2.58. The van der Waals surface area contributed by atoms with Crippen LogP contribution in [0.4, 0.5) is 4.79 Å². The highest BCUT2D eigenvalue weighted by Crippen LogP contribution is 2.47. The topological polar surface area (TPSA) is 87.7 Å². The van der Waals surface area contributed by atoms with E-state index in [2.05, 4.69) is 30.7 Å². The molecule has 0 bridgehead atoms. The van der Waals surface area contributed by atoms with Crippen molar-refractivity contribution in [2.45, 2.75) is 90.8 Å². The SMILES string of the molecule is CCN(C(=O)OC(C)(C)C)[C@H](C)[C@](O[Si](CC)(CC)CC)(c1cccnc1)c1c[nH]c2c(O)cccc12. The highest BCUT2D eigenvalue weighted by Gasteiger charge is 2.51. The third-order valence-corrected chi connectivity index (χ3v) is 12.1. The number of phenolic OH excluding ortho intramolecular Hbond substituents is 1. The number of hydrogen-bond donors (Lipinski definition) is 2. The molecular weight excluding hydrogens is 482 g/mol. The summed E-state index contributed by atoms with van der Waals surface area (Å²) in [5.41, 5.74) is 0.679. The van der Waals surface area contributed by atoms with E-state index in [0.29, 0.717) is 12.1 Å². The molecule has 0 saturated heterocycles. The van der Waals surface area contributed by atoms with E-state index in [4.69, 9.17) is 9.16 Å². The van der Waals surface area contributed by atoms with E-state index >= 15 is 0 Å². The second-order valence-corrected chi connectivity index (χ2v) is 15.4. The Labute approximate surface area is 222 Å². The maximum absolute atomic E-state index is 13.6. The molecule has 7 nitrogen and oxygen atoms in total. The Morgan fingerprint density at radius 3 is 2.32 bits per heavy atom. The molecule has 202 valence electrons. The van der Waals surface area contributed by atoms with E-state index in [0.717, 1.165) is 34.6 Å². The number of H-pyrrole nitrogens is 1. The van der Waals surface area contributed by atoms with E-state index in [9.17, 15) is 9.90 Å². The third kappa shape index (κ3) is 5.55. The van der Waals surface area contributed by atoms with E-state index in [-0.39, 0.29) is 11.8 Å². The molecule has 2 atom stereocenters. The third-order valence-electron chi connectivity index (χ3n) is 7.52. The molecule has 0 aliphatic rings. The van der Waals surface area contributed by atoms with Gasteiger partial charge >= 0.3 is 6.09 Å². The molecule has 2 heterocycles. The maximum atomic E-state index is 13.6. The van der Waals surface area contributed by atoms with Crippen molar-refractivity contribution >= 4 is 25.3 Å². The van der Waals surface area contributed by atoms with Gasteiger partial charge in [-0.1, -0.05) is 39.0 Å². The molecule has 0 radical (unpaired) electrons. The number of rotatable bonds is 10. The molecule has 0 unspecified atom stereocenters. The summed E-state index contributed by atoms with van der Waals surface area (Å²) in [6, 6.07) is 11.8. The number of para-hydroxylation sites is 1. The fraction of sp³-hybridized carbons (Fsp3) is 0.517. The van der Waals surface area contributed by atoms with Crippen LogP contribution in [0.5, 0.6) is 5.75 Å². The smallest absolute Gasteiger partial charge is 0.410 e. The monoisotopic (exact) mass is 525 g/mol. The average Bonchev–Trinajstić information content (AvgIpc) is 3.31. The number of ether oxygens (including phenoxy) is 1. The zero-order chi connectivity index (χ0) is 27.4. The first-order chi connectivity index (χ1) is 17.5. The summed E-state index contributed by atoms with van der Waals surface area (Å²) in [6.45, 7) is 16.6. The van der Waals surface area contributed by atoms with Crippen LogP contribution in [0, 0.1) is 0 Å². The summed E-state index contributed by atoms with van der Waals surface area (Å²) >= 11 is 0. The Morgan fingerprint density at radius 1 is 1.11 bits per heavy atom. The molecule has 1 aromatic carbocycles. The number of pyridine rings is 1. The fourth-order valence-electron chi connectivity index (χ4n) is 5.26. The van der Waals surface area contributed by atoms with Gasteiger partial charge in [0.1, 0.15) is 17.0 Å². The van der Waals surface area contributed by atoms with Crippen LogP contribution in [0.25, 0.3) is 10.9 Å². The molecule has 0 aliphatic carbocycles. The Balaban J connectivity index is 2.39. The van der Waals surface area contributed by atoms with Gasteiger partial charge in [-0.25, -0.2) is 4.79 Å². The van der Waals surface area contributed by atoms with Gasteiger partial charge in [0.2, 0.25) is 0 Å². The first-order valence-corrected chi connectivity index (χ1v) is 15.9. The van der Waals surface area contributed by atoms with Crippen molar-refractivity contribution < 1.29 is 19.1 Å². The number of nitrogens with zero attached hydrogens (tertiary/aromatic N) is 2. The molecule has 0 fully saturated rings. The molecule has 0 spiro atoms. The highest BCUT2D eigenvalue weighted by molar-refractivity contribution is 6.73. The number of nitrogens with one attached hydrogen (secondary N) is 1. The number of carbonyl (C=O) groups is 1. The Bertz CT molecular complexity index is 1180. The molecule has 2 aromatic heterocycles. The number of aromatic hydroxyl groups is 1. The van der Waals surface area contributed by atoms with Crippen LogP contribution in [0.1, 0.15) is 66.5 Å². The van der Waals surface area contributed by atoms with Crippen molar-refractivity contribution in [3.8, 4) is 5.75 Å². The minimum Gasteiger partial charge on any atom is -0.506 e. The maximum Gasteiger partial charge on any atom is 0.410 e. The molecule has 8 heteroatoms. The number of hydrogen-bond acceptors (Lipinski definition) is 5. The van der Waals surface area contributed by atoms with Crippen molar-refractivity contribution in [1.82, 2.24) is 14.9 Å². The van der Waals surface area contributed by atoms with Gasteiger partial charge in [-0.15, -0.1) is 0 Å². The number of benzene rings is 1. The van der Waals surface area contributed by atoms with Gasteiger partial charge in [-0.05, 0) is 64.9 Å². The predicted molar refractivity (Wildman–Crippen MR) is 151 cm³/mol. The molecule has 3 aromatic rings. The molecule has 2 N–H and O–H groups in total. The number of likely N-dealkylation sites (N-methyl/N-ethyl adjacent to an activating group) is 1. The van der Waals surface area contributed by atoms with Crippen molar-refractivity contribution in [2.75, 3.05) is 6.54 Å². The van der Waals surface area contributed by atoms with Crippen molar-refractivity contribution in [1.29, 1.82) is 0 Å². The minimum absolute atomic E-state index is 0.168. The van der Waals surface area contributed by atoms with Gasteiger partial charge in [0.05, 0.1) is 11.6 Å². The molecule has 0 saturated carbocycles. The van der Waals surface area contributed by atoms with E-state index in [1.807, 2.05) is 71.3 Å². The lowest BCUT2D eigenvalue weighted by Gasteiger charge is -2.49. The fourth-order valence-corrected chi connectivity index (χ4v) is 8.27. The van der Waals surface area contributed by atoms with Crippen LogP contribution in [-0.4, -0.2) is 52.6 Å². The summed E-state index contributed by atoms with van der Waals surface area (Å²) in [6.07, 6.45) is 5.10. The van der Waals surface area contributed by atoms with Gasteiger partial charge < -0.3 is 24.2 Å². The van der Waals surface area contributed by atoms with E-state index in [1.54, 1.807) is 17.2 Å². The van der Waals surface area contributed by atoms with Gasteiger partial charge in [0.15, 0.2) is 8.32 Å². The lowest BCUT2D eigenvalue weighted by molar-refractivity contribution is -0.0239. The minimum atomic E-state index is -2.28. The van der Waals surface area contributed by atoms with E-state index < -0.39 is 25.6 Å². The van der Waals surface area contributed by atoms with Gasteiger partial charge in [-0.2, -0.15) is 0 Å². The Hall–Kier alpha value is -2.84. The summed E-state index contributed by atoms with van der Waals surface area (Å²) in [5, 5.41) is 11.5. The standard InChI is InChI=1S/C29H43N3O4Si/c1-9-32(27(34)35-28(6,7)8)21(5)29(22-15-14-18-30-19-22,36-37(10-2,11-3)12-4)24-20-31-26-23(24)16-13-17-25(26)33/h13-21,31,33H,9-12H2,1-8H3/t21-,29+/m1/s1. The van der Waals surface area contributed by atoms with Gasteiger partial charge in [0, 0.05) is 41.6 Å². The van der Waals surface area contributed by atoms with Crippen LogP contribution in [0.15, 0.2) is 48.9 Å². The number of amides is 1. The second kappa shape index (κ2) is 11.3. The largest absolute Gasteiger partial charge is 0.506 e. The average molecular weight is 526 g/mol. The molecular formula is C29H43N3O4Si. The van der Waals surface area contributed by atoms with Crippen LogP contribution in [-0.2, 0) is 14.8 Å². The zero-order valence-electron chi connectivity index (χ0n) is 23.6. The number of phenols is 1. The van der Waals surface area contributed by atoms with Crippen molar-refractivity contribution in [2.24, 2.45) is 0 Å². The molecule has 0 aliphatic heterocycles. The summed E-state index contributed by atoms with van der Waals surface area (Å²) in [4.78, 5) is 23.1. The number of fused-ring (bicyclic) bond motifs is 1. The van der Waals surface area contributed by atoms with Crippen LogP contribution in [0.2, 0.25) is 18.1 Å². The van der Waals surface area contributed by atoms with Crippen molar-refractivity contribution in [3.63, 3.8) is 0 Å². The number of carbonyl (C=O) groups excluding carboxylic acids is 1. The Morgan fingerprint density at radius 2 is 1.78 bits per heavy atom. The summed E-state index contributed by atoms with van der Waals surface area (Å²) < 4.78 is 13.4. The van der Waals surface area contributed by atoms with Crippen LogP contribution >= 0.6 is 0 Å².